The molecule has 0 unspecified atom stereocenters. The van der Waals surface area contributed by atoms with Crippen LogP contribution in [-0.4, -0.2) is 0 Å². The van der Waals surface area contributed by atoms with Crippen molar-refractivity contribution in [3.8, 4) is 0 Å². The molecule has 0 bridgehead atoms. The number of hydrogen-bond donors (Lipinski definition) is 0. The van der Waals surface area contributed by atoms with Gasteiger partial charge in [-0.3, -0.25) is 0 Å². The van der Waals surface area contributed by atoms with Crippen LogP contribution in [0.5, 0.6) is 0 Å². The van der Waals surface area contributed by atoms with Crippen molar-refractivity contribution in [2.24, 2.45) is 0 Å². The van der Waals surface area contributed by atoms with Gasteiger partial charge in [0.25, 0.3) is 0 Å². The largest absolute Gasteiger partial charge is 1.00 e. The second-order valence-corrected chi connectivity index (χ2v) is 8.50. The molecule has 0 aliphatic heterocycles. The first-order valence-electron chi connectivity index (χ1n) is 5.87. The first-order chi connectivity index (χ1) is 9.49. The van der Waals surface area contributed by atoms with E-state index in [1.165, 1.54) is 18.3 Å². The average Bonchev–Trinajstić information content (AvgIpc) is 2.32. The molecule has 0 radical (unpaired) electrons. The Morgan fingerprint density at radius 2 is 1.23 bits per heavy atom. The normalized spacial score (nSPS) is 12.2. The summed E-state index contributed by atoms with van der Waals surface area (Å²) in [6.07, 6.45) is 0. The van der Waals surface area contributed by atoms with E-state index in [9.17, 15) is 21.0 Å². The predicted octanol–water partition coefficient (Wildman–Crippen LogP) is 0.398. The van der Waals surface area contributed by atoms with E-state index in [0.717, 1.165) is 0 Å². The van der Waals surface area contributed by atoms with E-state index < -0.39 is 8.16 Å². The van der Waals surface area contributed by atoms with Crippen LogP contribution in [0.4, 0.5) is 21.0 Å². The number of benzene rings is 2. The van der Waals surface area contributed by atoms with Crippen molar-refractivity contribution >= 4 is 8.16 Å². The van der Waals surface area contributed by atoms with Gasteiger partial charge in [0.1, 0.15) is 0 Å². The fourth-order valence-corrected chi connectivity index (χ4v) is 3.75. The standard InChI is InChI=1S/C14H14I.F5P.FH/c1-11-7-9-13(10-8-11)15-14-6-4-3-5-12(14)2;1-6(2,3,4)5;/h3-10H,1-2H3;;1H/q+1;;/p-1. The summed E-state index contributed by atoms with van der Waals surface area (Å²) in [5.74, 6) is 0. The van der Waals surface area contributed by atoms with Crippen molar-refractivity contribution in [2.45, 2.75) is 13.8 Å². The summed E-state index contributed by atoms with van der Waals surface area (Å²) in [4.78, 5) is 0. The van der Waals surface area contributed by atoms with E-state index in [1.807, 2.05) is 0 Å². The molecule has 0 amide bonds. The minimum absolute atomic E-state index is 0. The Morgan fingerprint density at radius 3 is 1.68 bits per heavy atom. The summed E-state index contributed by atoms with van der Waals surface area (Å²) in [5.41, 5.74) is 2.76. The molecule has 0 atom stereocenters. The summed E-state index contributed by atoms with van der Waals surface area (Å²) in [5, 5.41) is 0. The van der Waals surface area contributed by atoms with Gasteiger partial charge in [-0.1, -0.05) is 35.9 Å². The molecule has 0 spiro atoms. The Morgan fingerprint density at radius 1 is 0.773 bits per heavy atom. The number of hydrogen-bond acceptors (Lipinski definition) is 0. The zero-order valence-electron chi connectivity index (χ0n) is 11.7. The Balaban J connectivity index is 0.000000546. The van der Waals surface area contributed by atoms with Crippen molar-refractivity contribution in [2.75, 3.05) is 0 Å². The molecule has 0 heterocycles. The zero-order chi connectivity index (χ0) is 16.1. The smallest absolute Gasteiger partial charge is 1.00 e. The Labute approximate surface area is 135 Å². The van der Waals surface area contributed by atoms with Crippen molar-refractivity contribution in [1.82, 2.24) is 0 Å². The van der Waals surface area contributed by atoms with Gasteiger partial charge in [-0.15, -0.1) is 0 Å². The monoisotopic (exact) mass is 454 g/mol. The van der Waals surface area contributed by atoms with Crippen LogP contribution in [0.2, 0.25) is 0 Å². The fourth-order valence-electron chi connectivity index (χ4n) is 1.37. The third-order valence-corrected chi connectivity index (χ3v) is 5.43. The van der Waals surface area contributed by atoms with E-state index >= 15 is 0 Å². The molecular weight excluding hydrogens is 440 g/mol. The van der Waals surface area contributed by atoms with Gasteiger partial charge in [0.05, 0.1) is 0 Å². The van der Waals surface area contributed by atoms with Gasteiger partial charge in [0.15, 0.2) is 7.14 Å². The van der Waals surface area contributed by atoms with Gasteiger partial charge in [-0.2, -0.15) is 0 Å². The van der Waals surface area contributed by atoms with Gasteiger partial charge in [0.2, 0.25) is 0 Å². The van der Waals surface area contributed by atoms with E-state index in [-0.39, 0.29) is 25.9 Å². The Bertz CT molecular complexity index is 575. The molecule has 0 saturated heterocycles. The minimum Gasteiger partial charge on any atom is -1.00 e. The Kier molecular flexibility index (Phi) is 7.85. The SMILES string of the molecule is Cc1ccc([I+]c2ccccc2C)cc1.FP(F)(F)(F)F.[F-]. The van der Waals surface area contributed by atoms with Crippen LogP contribution >= 0.6 is 8.16 Å². The third-order valence-electron chi connectivity index (χ3n) is 2.30. The van der Waals surface area contributed by atoms with Gasteiger partial charge in [-0.05, 0) is 32.0 Å². The molecule has 2 aromatic rings. The molecule has 0 nitrogen and oxygen atoms in total. The van der Waals surface area contributed by atoms with E-state index in [0.29, 0.717) is 0 Å². The molecule has 0 N–H and O–H groups in total. The molecule has 0 saturated carbocycles. The second kappa shape index (κ2) is 8.15. The summed E-state index contributed by atoms with van der Waals surface area (Å²) in [6.45, 7) is 4.33. The molecule has 0 aliphatic carbocycles. The maximum Gasteiger partial charge on any atom is -1.00 e. The summed E-state index contributed by atoms with van der Waals surface area (Å²) >= 11 is -0.00580. The van der Waals surface area contributed by atoms with Crippen LogP contribution in [0.3, 0.4) is 0 Å². The van der Waals surface area contributed by atoms with Crippen molar-refractivity contribution in [3.05, 3.63) is 66.8 Å². The van der Waals surface area contributed by atoms with Crippen LogP contribution < -0.4 is 25.9 Å². The topological polar surface area (TPSA) is 0 Å². The third kappa shape index (κ3) is 10.8. The van der Waals surface area contributed by atoms with E-state index in [4.69, 9.17) is 0 Å². The fraction of sp³-hybridized carbons (Fsp3) is 0.143. The zero-order valence-corrected chi connectivity index (χ0v) is 14.8. The van der Waals surface area contributed by atoms with Crippen LogP contribution in [0, 0.1) is 21.0 Å². The van der Waals surface area contributed by atoms with Crippen molar-refractivity contribution in [3.63, 3.8) is 0 Å². The van der Waals surface area contributed by atoms with E-state index in [2.05, 4.69) is 62.4 Å². The number of aryl methyl sites for hydroxylation is 2. The first-order valence-corrected chi connectivity index (χ1v) is 9.72. The van der Waals surface area contributed by atoms with Crippen LogP contribution in [-0.2, 0) is 0 Å². The van der Waals surface area contributed by atoms with Gasteiger partial charge in [-0.25, -0.2) is 0 Å². The first kappa shape index (κ1) is 21.2. The molecular formula is C14H14F6IP. The van der Waals surface area contributed by atoms with Gasteiger partial charge in [0, 0.05) is 5.56 Å². The van der Waals surface area contributed by atoms with E-state index in [1.54, 1.807) is 0 Å². The average molecular weight is 454 g/mol. The maximum absolute atomic E-state index is 9.84. The summed E-state index contributed by atoms with van der Waals surface area (Å²) < 4.78 is 52.2. The predicted molar refractivity (Wildman–Crippen MR) is 72.2 cm³/mol. The van der Waals surface area contributed by atoms with Crippen LogP contribution in [0.1, 0.15) is 11.1 Å². The van der Waals surface area contributed by atoms with Crippen molar-refractivity contribution < 1.29 is 46.9 Å². The molecule has 0 fully saturated rings. The molecule has 0 aliphatic rings. The number of halogens is 7. The van der Waals surface area contributed by atoms with Crippen LogP contribution in [0.15, 0.2) is 48.5 Å². The molecule has 124 valence electrons. The van der Waals surface area contributed by atoms with Gasteiger partial charge >= 0.3 is 50.3 Å². The quantitative estimate of drug-likeness (QED) is 0.351. The van der Waals surface area contributed by atoms with Crippen molar-refractivity contribution in [1.29, 1.82) is 0 Å². The molecule has 22 heavy (non-hydrogen) atoms. The molecule has 2 rings (SSSR count). The number of rotatable bonds is 2. The summed E-state index contributed by atoms with van der Waals surface area (Å²) in [7, 11) is -8.55. The van der Waals surface area contributed by atoms with Crippen LogP contribution in [0.25, 0.3) is 0 Å². The second-order valence-electron chi connectivity index (χ2n) is 4.28. The summed E-state index contributed by atoms with van der Waals surface area (Å²) in [6, 6.07) is 17.6. The molecule has 0 aromatic heterocycles. The maximum atomic E-state index is 9.84. The Hall–Kier alpha value is -0.820. The molecule has 2 aromatic carbocycles. The molecule has 8 heteroatoms. The minimum atomic E-state index is -8.55. The van der Waals surface area contributed by atoms with Gasteiger partial charge < -0.3 is 4.70 Å².